The second-order valence-electron chi connectivity index (χ2n) is 9.44. The number of rotatable bonds is 10. The van der Waals surface area contributed by atoms with Gasteiger partial charge in [0.1, 0.15) is 23.5 Å². The zero-order chi connectivity index (χ0) is 24.7. The maximum Gasteiger partial charge on any atom is 0.223 e. The lowest BCUT2D eigenvalue weighted by molar-refractivity contribution is -0.124. The van der Waals surface area contributed by atoms with Crippen molar-refractivity contribution >= 4 is 16.9 Å². The summed E-state index contributed by atoms with van der Waals surface area (Å²) in [6.45, 7) is 4.24. The third kappa shape index (κ3) is 5.74. The highest BCUT2D eigenvalue weighted by Crippen LogP contribution is 2.36. The first kappa shape index (κ1) is 24.0. The molecular formula is C29H33N5O2. The first-order valence-electron chi connectivity index (χ1n) is 12.8. The van der Waals surface area contributed by atoms with Crippen molar-refractivity contribution in [2.75, 3.05) is 19.6 Å². The van der Waals surface area contributed by atoms with Crippen LogP contribution in [0.25, 0.3) is 11.0 Å². The minimum atomic E-state index is 0.0581. The lowest BCUT2D eigenvalue weighted by Crippen LogP contribution is -2.35. The molecule has 1 aliphatic rings. The van der Waals surface area contributed by atoms with Crippen LogP contribution in [0.15, 0.2) is 73.2 Å². The highest BCUT2D eigenvalue weighted by Gasteiger charge is 2.31. The average molecular weight is 484 g/mol. The molecule has 36 heavy (non-hydrogen) atoms. The number of carbonyl (C=O) groups is 1. The molecule has 7 nitrogen and oxygen atoms in total. The Bertz CT molecular complexity index is 1300. The number of hydrogen-bond acceptors (Lipinski definition) is 5. The van der Waals surface area contributed by atoms with E-state index >= 15 is 0 Å². The molecule has 2 heterocycles. The third-order valence-electron chi connectivity index (χ3n) is 6.95. The van der Waals surface area contributed by atoms with Gasteiger partial charge in [-0.15, -0.1) is 0 Å². The van der Waals surface area contributed by atoms with E-state index in [-0.39, 0.29) is 11.8 Å². The fourth-order valence-corrected chi connectivity index (χ4v) is 5.01. The topological polar surface area (TPSA) is 81.1 Å². The summed E-state index contributed by atoms with van der Waals surface area (Å²) in [5.41, 5.74) is 3.18. The number of hydrogen-bond donors (Lipinski definition) is 2. The average Bonchev–Trinajstić information content (AvgIpc) is 3.55. The number of amides is 1. The van der Waals surface area contributed by atoms with Gasteiger partial charge in [-0.1, -0.05) is 30.3 Å². The number of aromatic nitrogens is 3. The fraction of sp³-hybridized carbons (Fsp3) is 0.345. The molecule has 0 bridgehead atoms. The van der Waals surface area contributed by atoms with Crippen molar-refractivity contribution in [1.29, 1.82) is 0 Å². The van der Waals surface area contributed by atoms with Crippen LogP contribution in [0.1, 0.15) is 36.6 Å². The number of nitrogens with zero attached hydrogens (tertiary/aromatic N) is 3. The standard InChI is InChI=1S/C29H33N5O2/c1-21-27-13-17-34(28(27)33-20-32-21)24-11-10-23(19-24)29(35)31-16-15-30-14-12-22-6-5-9-26(18-22)36-25-7-3-2-4-8-25/h2-9,13,17-18,20,23-24,30H,10-12,14-16,19H2,1H3,(H,31,35). The van der Waals surface area contributed by atoms with Gasteiger partial charge < -0.3 is 19.9 Å². The van der Waals surface area contributed by atoms with Gasteiger partial charge in [0.15, 0.2) is 0 Å². The molecule has 2 aromatic carbocycles. The molecule has 0 spiro atoms. The third-order valence-corrected chi connectivity index (χ3v) is 6.95. The van der Waals surface area contributed by atoms with Crippen molar-refractivity contribution in [1.82, 2.24) is 25.2 Å². The fourth-order valence-electron chi connectivity index (χ4n) is 5.01. The highest BCUT2D eigenvalue weighted by molar-refractivity contribution is 5.80. The number of aryl methyl sites for hydroxylation is 1. The van der Waals surface area contributed by atoms with Crippen LogP contribution in [0.2, 0.25) is 0 Å². The van der Waals surface area contributed by atoms with E-state index in [0.717, 1.165) is 67.0 Å². The summed E-state index contributed by atoms with van der Waals surface area (Å²) in [6, 6.07) is 20.4. The lowest BCUT2D eigenvalue weighted by Gasteiger charge is -2.15. The van der Waals surface area contributed by atoms with Gasteiger partial charge in [0.05, 0.1) is 5.69 Å². The Hall–Kier alpha value is -3.71. The number of benzene rings is 2. The summed E-state index contributed by atoms with van der Waals surface area (Å²) >= 11 is 0. The molecule has 5 rings (SSSR count). The Morgan fingerprint density at radius 2 is 1.86 bits per heavy atom. The minimum absolute atomic E-state index is 0.0581. The highest BCUT2D eigenvalue weighted by atomic mass is 16.5. The van der Waals surface area contributed by atoms with Gasteiger partial charge in [0.2, 0.25) is 5.91 Å². The molecule has 2 unspecified atom stereocenters. The molecule has 2 aromatic heterocycles. The summed E-state index contributed by atoms with van der Waals surface area (Å²) in [6.07, 6.45) is 7.37. The maximum absolute atomic E-state index is 12.7. The van der Waals surface area contributed by atoms with Crippen LogP contribution in [0, 0.1) is 12.8 Å². The second kappa shape index (κ2) is 11.4. The van der Waals surface area contributed by atoms with Gasteiger partial charge in [-0.05, 0) is 75.0 Å². The number of fused-ring (bicyclic) bond motifs is 1. The molecule has 0 saturated heterocycles. The largest absolute Gasteiger partial charge is 0.457 e. The normalized spacial score (nSPS) is 17.4. The molecule has 1 saturated carbocycles. The van der Waals surface area contributed by atoms with Crippen molar-refractivity contribution in [2.24, 2.45) is 5.92 Å². The minimum Gasteiger partial charge on any atom is -0.457 e. The molecule has 0 radical (unpaired) electrons. The summed E-state index contributed by atoms with van der Waals surface area (Å²) < 4.78 is 8.14. The molecular weight excluding hydrogens is 450 g/mol. The number of para-hydroxylation sites is 1. The zero-order valence-electron chi connectivity index (χ0n) is 20.7. The van der Waals surface area contributed by atoms with Crippen molar-refractivity contribution in [2.45, 2.75) is 38.6 Å². The Labute approximate surface area is 211 Å². The van der Waals surface area contributed by atoms with Crippen LogP contribution < -0.4 is 15.4 Å². The molecule has 1 aliphatic carbocycles. The van der Waals surface area contributed by atoms with Crippen LogP contribution in [-0.4, -0.2) is 40.1 Å². The maximum atomic E-state index is 12.7. The van der Waals surface area contributed by atoms with Gasteiger partial charge in [0.25, 0.3) is 0 Å². The van der Waals surface area contributed by atoms with E-state index in [4.69, 9.17) is 4.74 Å². The molecule has 2 atom stereocenters. The van der Waals surface area contributed by atoms with Crippen LogP contribution in [-0.2, 0) is 11.2 Å². The number of ether oxygens (including phenoxy) is 1. The Balaban J connectivity index is 1.01. The molecule has 1 fully saturated rings. The van der Waals surface area contributed by atoms with E-state index < -0.39 is 0 Å². The smallest absolute Gasteiger partial charge is 0.223 e. The molecule has 186 valence electrons. The van der Waals surface area contributed by atoms with Gasteiger partial charge >= 0.3 is 0 Å². The molecule has 7 heteroatoms. The van der Waals surface area contributed by atoms with E-state index in [1.54, 1.807) is 6.33 Å². The van der Waals surface area contributed by atoms with Crippen molar-refractivity contribution in [3.8, 4) is 11.5 Å². The molecule has 0 aliphatic heterocycles. The van der Waals surface area contributed by atoms with Crippen LogP contribution in [0.5, 0.6) is 11.5 Å². The number of nitrogens with one attached hydrogen (secondary N) is 2. The molecule has 2 N–H and O–H groups in total. The van der Waals surface area contributed by atoms with Crippen LogP contribution in [0.4, 0.5) is 0 Å². The lowest BCUT2D eigenvalue weighted by atomic mass is 10.1. The van der Waals surface area contributed by atoms with Crippen molar-refractivity contribution < 1.29 is 9.53 Å². The predicted octanol–water partition coefficient (Wildman–Crippen LogP) is 4.82. The summed E-state index contributed by atoms with van der Waals surface area (Å²) in [5, 5.41) is 7.64. The Morgan fingerprint density at radius 3 is 2.75 bits per heavy atom. The van der Waals surface area contributed by atoms with Gasteiger partial charge in [-0.3, -0.25) is 4.79 Å². The summed E-state index contributed by atoms with van der Waals surface area (Å²) in [4.78, 5) is 21.5. The van der Waals surface area contributed by atoms with Gasteiger partial charge in [-0.25, -0.2) is 9.97 Å². The molecule has 4 aromatic rings. The second-order valence-corrected chi connectivity index (χ2v) is 9.44. The van der Waals surface area contributed by atoms with Crippen LogP contribution in [0.3, 0.4) is 0 Å². The SMILES string of the molecule is Cc1ncnc2c1ccn2C1CCC(C(=O)NCCNCCc2cccc(Oc3ccccc3)c2)C1. The van der Waals surface area contributed by atoms with Gasteiger partial charge in [-0.2, -0.15) is 0 Å². The quantitative estimate of drug-likeness (QED) is 0.316. The van der Waals surface area contributed by atoms with E-state index in [1.807, 2.05) is 49.4 Å². The molecule has 1 amide bonds. The number of carbonyl (C=O) groups excluding carboxylic acids is 1. The Kier molecular flexibility index (Phi) is 7.57. The van der Waals surface area contributed by atoms with E-state index in [9.17, 15) is 4.79 Å². The monoisotopic (exact) mass is 483 g/mol. The first-order valence-corrected chi connectivity index (χ1v) is 12.8. The summed E-state index contributed by atoms with van der Waals surface area (Å²) in [5.74, 6) is 1.90. The van der Waals surface area contributed by atoms with E-state index in [1.165, 1.54) is 5.56 Å². The zero-order valence-corrected chi connectivity index (χ0v) is 20.7. The predicted molar refractivity (Wildman–Crippen MR) is 141 cm³/mol. The van der Waals surface area contributed by atoms with Crippen molar-refractivity contribution in [3.05, 3.63) is 84.4 Å². The van der Waals surface area contributed by atoms with Crippen molar-refractivity contribution in [3.63, 3.8) is 0 Å². The van der Waals surface area contributed by atoms with E-state index in [2.05, 4.69) is 49.6 Å². The van der Waals surface area contributed by atoms with Gasteiger partial charge in [0, 0.05) is 36.6 Å². The van der Waals surface area contributed by atoms with Crippen LogP contribution >= 0.6 is 0 Å². The summed E-state index contributed by atoms with van der Waals surface area (Å²) in [7, 11) is 0. The first-order chi connectivity index (χ1) is 17.7. The van der Waals surface area contributed by atoms with E-state index in [0.29, 0.717) is 12.6 Å². The Morgan fingerprint density at radius 1 is 1.00 bits per heavy atom.